The van der Waals surface area contributed by atoms with Gasteiger partial charge in [-0.1, -0.05) is 39.2 Å². The normalized spacial score (nSPS) is 13.1. The first-order valence-electron chi connectivity index (χ1n) is 8.46. The first kappa shape index (κ1) is 18.8. The Balaban J connectivity index is 2.48. The van der Waals surface area contributed by atoms with Crippen molar-refractivity contribution in [3.8, 4) is 11.5 Å². The number of hydrogen-bond donors (Lipinski definition) is 1. The lowest BCUT2D eigenvalue weighted by Crippen LogP contribution is -2.24. The largest absolute Gasteiger partial charge is 0.504 e. The molecule has 0 fully saturated rings. The first-order chi connectivity index (χ1) is 10.4. The van der Waals surface area contributed by atoms with Crippen LogP contribution in [0.5, 0.6) is 11.5 Å². The lowest BCUT2D eigenvalue weighted by Gasteiger charge is -2.26. The van der Waals surface area contributed by atoms with Crippen LogP contribution in [-0.2, 0) is 11.3 Å². The van der Waals surface area contributed by atoms with E-state index in [9.17, 15) is 5.11 Å². The van der Waals surface area contributed by atoms with Crippen molar-refractivity contribution in [1.29, 1.82) is 0 Å². The molecular weight excluding hydrogens is 276 g/mol. The van der Waals surface area contributed by atoms with Crippen LogP contribution < -0.4 is 4.74 Å². The third-order valence-corrected chi connectivity index (χ3v) is 4.13. The summed E-state index contributed by atoms with van der Waals surface area (Å²) in [6.45, 7) is 11.8. The molecule has 0 aliphatic carbocycles. The molecule has 1 aromatic rings. The predicted octanol–water partition coefficient (Wildman–Crippen LogP) is 5.30. The molecule has 0 aliphatic heterocycles. The van der Waals surface area contributed by atoms with Crippen LogP contribution in [0.4, 0.5) is 0 Å². The number of ether oxygens (including phenoxy) is 2. The standard InChI is InChI=1S/C19H32O3/c1-6-15(3)9-8-12-19(4,5)22-14-16-10-11-17(20)18(13-16)21-7-2/h10-11,13,15,20H,6-9,12,14H2,1-5H3. The van der Waals surface area contributed by atoms with Crippen molar-refractivity contribution in [2.45, 2.75) is 72.5 Å². The summed E-state index contributed by atoms with van der Waals surface area (Å²) in [5.41, 5.74) is 0.896. The van der Waals surface area contributed by atoms with Crippen LogP contribution in [-0.4, -0.2) is 17.3 Å². The topological polar surface area (TPSA) is 38.7 Å². The van der Waals surface area contributed by atoms with Gasteiger partial charge in [-0.3, -0.25) is 0 Å². The van der Waals surface area contributed by atoms with Gasteiger partial charge in [-0.15, -0.1) is 0 Å². The molecule has 1 rings (SSSR count). The SMILES string of the molecule is CCOc1cc(COC(C)(C)CCCC(C)CC)ccc1O. The van der Waals surface area contributed by atoms with Crippen molar-refractivity contribution in [1.82, 2.24) is 0 Å². The van der Waals surface area contributed by atoms with Crippen LogP contribution in [0.3, 0.4) is 0 Å². The fourth-order valence-electron chi connectivity index (χ4n) is 2.35. The summed E-state index contributed by atoms with van der Waals surface area (Å²) in [6, 6.07) is 5.40. The van der Waals surface area contributed by atoms with Gasteiger partial charge in [-0.25, -0.2) is 0 Å². The van der Waals surface area contributed by atoms with Gasteiger partial charge in [0, 0.05) is 0 Å². The van der Waals surface area contributed by atoms with E-state index in [1.165, 1.54) is 19.3 Å². The van der Waals surface area contributed by atoms with Crippen LogP contribution >= 0.6 is 0 Å². The molecule has 0 bridgehead atoms. The van der Waals surface area contributed by atoms with Crippen molar-refractivity contribution >= 4 is 0 Å². The third kappa shape index (κ3) is 6.69. The van der Waals surface area contributed by atoms with Crippen molar-refractivity contribution in [3.63, 3.8) is 0 Å². The summed E-state index contributed by atoms with van der Waals surface area (Å²) in [4.78, 5) is 0. The average molecular weight is 308 g/mol. The highest BCUT2D eigenvalue weighted by Gasteiger charge is 2.18. The van der Waals surface area contributed by atoms with E-state index < -0.39 is 0 Å². The Labute approximate surface area is 135 Å². The van der Waals surface area contributed by atoms with Crippen molar-refractivity contribution in [2.24, 2.45) is 5.92 Å². The molecule has 1 aromatic carbocycles. The van der Waals surface area contributed by atoms with E-state index in [2.05, 4.69) is 27.7 Å². The number of benzene rings is 1. The van der Waals surface area contributed by atoms with Crippen molar-refractivity contribution in [2.75, 3.05) is 6.61 Å². The minimum absolute atomic E-state index is 0.128. The van der Waals surface area contributed by atoms with E-state index in [1.54, 1.807) is 6.07 Å². The van der Waals surface area contributed by atoms with Crippen LogP contribution in [0, 0.1) is 5.92 Å². The average Bonchev–Trinajstić information content (AvgIpc) is 2.48. The van der Waals surface area contributed by atoms with Crippen molar-refractivity contribution in [3.05, 3.63) is 23.8 Å². The highest BCUT2D eigenvalue weighted by molar-refractivity contribution is 5.41. The number of hydrogen-bond acceptors (Lipinski definition) is 3. The Bertz CT molecular complexity index is 440. The fourth-order valence-corrected chi connectivity index (χ4v) is 2.35. The van der Waals surface area contributed by atoms with E-state index >= 15 is 0 Å². The lowest BCUT2D eigenvalue weighted by atomic mass is 9.95. The number of phenols is 1. The second-order valence-electron chi connectivity index (χ2n) is 6.69. The van der Waals surface area contributed by atoms with E-state index in [1.807, 2.05) is 19.1 Å². The Morgan fingerprint density at radius 2 is 1.95 bits per heavy atom. The van der Waals surface area contributed by atoms with Gasteiger partial charge in [-0.2, -0.15) is 0 Å². The molecule has 0 spiro atoms. The highest BCUT2D eigenvalue weighted by Crippen LogP contribution is 2.28. The molecule has 1 N–H and O–H groups in total. The van der Waals surface area contributed by atoms with Crippen LogP contribution in [0.1, 0.15) is 65.9 Å². The van der Waals surface area contributed by atoms with E-state index in [0.717, 1.165) is 17.9 Å². The zero-order valence-electron chi connectivity index (χ0n) is 14.8. The van der Waals surface area contributed by atoms with Gasteiger partial charge in [0.15, 0.2) is 11.5 Å². The fraction of sp³-hybridized carbons (Fsp3) is 0.684. The molecular formula is C19H32O3. The van der Waals surface area contributed by atoms with Gasteiger partial charge >= 0.3 is 0 Å². The highest BCUT2D eigenvalue weighted by atomic mass is 16.5. The Morgan fingerprint density at radius 1 is 1.23 bits per heavy atom. The predicted molar refractivity (Wildman–Crippen MR) is 91.4 cm³/mol. The minimum atomic E-state index is -0.128. The van der Waals surface area contributed by atoms with Gasteiger partial charge in [0.05, 0.1) is 18.8 Å². The third-order valence-electron chi connectivity index (χ3n) is 4.13. The minimum Gasteiger partial charge on any atom is -0.504 e. The smallest absolute Gasteiger partial charge is 0.161 e. The molecule has 3 nitrogen and oxygen atoms in total. The Morgan fingerprint density at radius 3 is 2.59 bits per heavy atom. The Kier molecular flexibility index (Phi) is 7.74. The number of rotatable bonds is 10. The van der Waals surface area contributed by atoms with Crippen LogP contribution in [0.15, 0.2) is 18.2 Å². The molecule has 0 aliphatic rings. The van der Waals surface area contributed by atoms with Gasteiger partial charge in [-0.05, 0) is 50.8 Å². The maximum atomic E-state index is 9.72. The molecule has 1 unspecified atom stereocenters. The quantitative estimate of drug-likeness (QED) is 0.637. The maximum Gasteiger partial charge on any atom is 0.161 e. The van der Waals surface area contributed by atoms with E-state index in [-0.39, 0.29) is 11.4 Å². The maximum absolute atomic E-state index is 9.72. The molecule has 0 radical (unpaired) electrons. The zero-order valence-corrected chi connectivity index (χ0v) is 14.8. The van der Waals surface area contributed by atoms with Crippen LogP contribution in [0.2, 0.25) is 0 Å². The summed E-state index contributed by atoms with van der Waals surface area (Å²) in [7, 11) is 0. The molecule has 126 valence electrons. The summed E-state index contributed by atoms with van der Waals surface area (Å²) >= 11 is 0. The summed E-state index contributed by atoms with van der Waals surface area (Å²) < 4.78 is 11.5. The molecule has 0 heterocycles. The molecule has 0 saturated carbocycles. The van der Waals surface area contributed by atoms with E-state index in [0.29, 0.717) is 19.0 Å². The molecule has 0 saturated heterocycles. The van der Waals surface area contributed by atoms with Crippen molar-refractivity contribution < 1.29 is 14.6 Å². The number of phenolic OH excluding ortho intramolecular Hbond substituents is 1. The van der Waals surface area contributed by atoms with Gasteiger partial charge in [0.25, 0.3) is 0 Å². The number of aromatic hydroxyl groups is 1. The van der Waals surface area contributed by atoms with Crippen LogP contribution in [0.25, 0.3) is 0 Å². The van der Waals surface area contributed by atoms with Gasteiger partial charge in [0.2, 0.25) is 0 Å². The molecule has 22 heavy (non-hydrogen) atoms. The lowest BCUT2D eigenvalue weighted by molar-refractivity contribution is -0.0369. The van der Waals surface area contributed by atoms with Gasteiger partial charge in [0.1, 0.15) is 0 Å². The second-order valence-corrected chi connectivity index (χ2v) is 6.69. The molecule has 0 amide bonds. The summed E-state index contributed by atoms with van der Waals surface area (Å²) in [5, 5.41) is 9.72. The second kappa shape index (κ2) is 9.04. The first-order valence-corrected chi connectivity index (χ1v) is 8.46. The zero-order chi connectivity index (χ0) is 16.6. The Hall–Kier alpha value is -1.22. The molecule has 0 aromatic heterocycles. The molecule has 1 atom stereocenters. The summed E-state index contributed by atoms with van der Waals surface area (Å²) in [6.07, 6.45) is 4.77. The van der Waals surface area contributed by atoms with Gasteiger partial charge < -0.3 is 14.6 Å². The van der Waals surface area contributed by atoms with E-state index in [4.69, 9.17) is 9.47 Å². The summed E-state index contributed by atoms with van der Waals surface area (Å²) in [5.74, 6) is 1.50. The molecule has 3 heteroatoms. The monoisotopic (exact) mass is 308 g/mol.